The lowest BCUT2D eigenvalue weighted by Crippen LogP contribution is -2.47. The molecule has 1 aliphatic rings. The molecule has 2 rings (SSSR count). The van der Waals surface area contributed by atoms with Crippen molar-refractivity contribution in [3.05, 3.63) is 60.2 Å². The average molecular weight is 720 g/mol. The molecule has 2 atom stereocenters. The second-order valence-corrected chi connectivity index (χ2v) is 12.7. The fourth-order valence-corrected chi connectivity index (χ4v) is 4.51. The maximum absolute atomic E-state index is 13.0. The number of carbonyl (C=O) groups excluding carboxylic acids is 4. The highest BCUT2D eigenvalue weighted by molar-refractivity contribution is 5.85. The lowest BCUT2D eigenvalue weighted by atomic mass is 10.0. The van der Waals surface area contributed by atoms with E-state index in [0.717, 1.165) is 12.0 Å². The number of hydrogen-bond acceptors (Lipinski definition) is 11. The summed E-state index contributed by atoms with van der Waals surface area (Å²) in [5.41, 5.74) is 0.324. The van der Waals surface area contributed by atoms with E-state index in [4.69, 9.17) is 33.2 Å². The summed E-state index contributed by atoms with van der Waals surface area (Å²) >= 11 is 0. The SMILES string of the molecule is CC(C)(C)OC(=O)CCOCCOCCOCCOCCNC(=O)[C@H](CCCCNC(=O)OCC1C=CC=CC1)NC(=O)OCc1ccccc1. The molecule has 0 radical (unpaired) electrons. The van der Waals surface area contributed by atoms with E-state index in [1.165, 1.54) is 0 Å². The van der Waals surface area contributed by atoms with Gasteiger partial charge in [-0.3, -0.25) is 9.59 Å². The van der Waals surface area contributed by atoms with E-state index in [9.17, 15) is 19.2 Å². The van der Waals surface area contributed by atoms with Gasteiger partial charge >= 0.3 is 18.2 Å². The molecule has 0 spiro atoms. The van der Waals surface area contributed by atoms with Crippen LogP contribution in [-0.2, 0) is 49.4 Å². The van der Waals surface area contributed by atoms with Crippen LogP contribution in [0.3, 0.4) is 0 Å². The molecule has 1 unspecified atom stereocenters. The Labute approximate surface area is 301 Å². The van der Waals surface area contributed by atoms with Gasteiger partial charge in [-0.25, -0.2) is 9.59 Å². The number of hydrogen-bond donors (Lipinski definition) is 3. The first kappa shape index (κ1) is 43.2. The summed E-state index contributed by atoms with van der Waals surface area (Å²) in [6.45, 7) is 9.24. The molecule has 0 aliphatic heterocycles. The third-order valence-corrected chi connectivity index (χ3v) is 7.04. The molecule has 14 heteroatoms. The van der Waals surface area contributed by atoms with E-state index in [1.54, 1.807) is 0 Å². The summed E-state index contributed by atoms with van der Waals surface area (Å²) in [7, 11) is 0. The fraction of sp³-hybridized carbons (Fsp3) is 0.622. The maximum atomic E-state index is 13.0. The van der Waals surface area contributed by atoms with Crippen molar-refractivity contribution in [3.63, 3.8) is 0 Å². The zero-order valence-corrected chi connectivity index (χ0v) is 30.4. The number of unbranched alkanes of at least 4 members (excludes halogenated alkanes) is 1. The van der Waals surface area contributed by atoms with Gasteiger partial charge in [-0.15, -0.1) is 0 Å². The number of esters is 1. The highest BCUT2D eigenvalue weighted by atomic mass is 16.6. The Morgan fingerprint density at radius 2 is 1.43 bits per heavy atom. The van der Waals surface area contributed by atoms with Crippen molar-refractivity contribution in [2.45, 2.75) is 71.1 Å². The fourth-order valence-electron chi connectivity index (χ4n) is 4.51. The minimum Gasteiger partial charge on any atom is -0.460 e. The molecule has 1 aromatic rings. The van der Waals surface area contributed by atoms with Crippen LogP contribution in [-0.4, -0.2) is 108 Å². The van der Waals surface area contributed by atoms with Crippen molar-refractivity contribution in [2.75, 3.05) is 72.6 Å². The molecule has 14 nitrogen and oxygen atoms in total. The Kier molecular flexibility index (Phi) is 22.7. The third kappa shape index (κ3) is 23.9. The van der Waals surface area contributed by atoms with Crippen LogP contribution in [0.15, 0.2) is 54.6 Å². The molecule has 0 saturated carbocycles. The van der Waals surface area contributed by atoms with Crippen molar-refractivity contribution in [3.8, 4) is 0 Å². The Bertz CT molecular complexity index is 1190. The van der Waals surface area contributed by atoms with Gasteiger partial charge in [0.15, 0.2) is 0 Å². The molecule has 1 aliphatic carbocycles. The van der Waals surface area contributed by atoms with Gasteiger partial charge < -0.3 is 49.1 Å². The monoisotopic (exact) mass is 719 g/mol. The van der Waals surface area contributed by atoms with Gasteiger partial charge in [0.25, 0.3) is 0 Å². The number of benzene rings is 1. The lowest BCUT2D eigenvalue weighted by molar-refractivity contribution is -0.156. The standard InChI is InChI=1S/C37H57N3O11/c1-37(2,3)51-33(41)17-20-45-22-24-47-26-27-48-25-23-46-21-19-38-34(42)32(40-36(44)50-29-31-14-8-5-9-15-31)16-10-11-18-39-35(43)49-28-30-12-6-4-7-13-30/h4-9,12,14-15,30,32H,10-11,13,16-29H2,1-3H3,(H,38,42)(H,39,43)(H,40,44)/t30?,32-/m0/s1. The summed E-state index contributed by atoms with van der Waals surface area (Å²) in [6, 6.07) is 8.42. The highest BCUT2D eigenvalue weighted by Gasteiger charge is 2.21. The minimum atomic E-state index is -0.829. The Morgan fingerprint density at radius 3 is 2.08 bits per heavy atom. The molecule has 3 amide bonds. The molecular formula is C37H57N3O11. The van der Waals surface area contributed by atoms with Gasteiger partial charge in [0.05, 0.1) is 65.9 Å². The Balaban J connectivity index is 1.55. The average Bonchev–Trinajstić information content (AvgIpc) is 3.10. The van der Waals surface area contributed by atoms with Gasteiger partial charge in [-0.05, 0) is 52.0 Å². The van der Waals surface area contributed by atoms with Gasteiger partial charge in [-0.1, -0.05) is 54.6 Å². The zero-order valence-electron chi connectivity index (χ0n) is 30.4. The van der Waals surface area contributed by atoms with Crippen LogP contribution in [0.25, 0.3) is 0 Å². The summed E-state index contributed by atoms with van der Waals surface area (Å²) in [5.74, 6) is -0.475. The minimum absolute atomic E-state index is 0.0772. The number of carbonyl (C=O) groups is 4. The number of allylic oxidation sites excluding steroid dienone is 3. The van der Waals surface area contributed by atoms with Gasteiger partial charge in [0.1, 0.15) is 18.2 Å². The first-order valence-electron chi connectivity index (χ1n) is 17.6. The summed E-state index contributed by atoms with van der Waals surface area (Å²) in [6.07, 6.45) is 9.30. The van der Waals surface area contributed by atoms with Gasteiger partial charge in [0, 0.05) is 19.0 Å². The van der Waals surface area contributed by atoms with Crippen LogP contribution in [0.4, 0.5) is 9.59 Å². The van der Waals surface area contributed by atoms with Crippen LogP contribution < -0.4 is 16.0 Å². The molecule has 0 saturated heterocycles. The number of ether oxygens (including phenoxy) is 7. The third-order valence-electron chi connectivity index (χ3n) is 7.04. The predicted molar refractivity (Wildman–Crippen MR) is 190 cm³/mol. The van der Waals surface area contributed by atoms with Crippen LogP contribution in [0.5, 0.6) is 0 Å². The first-order valence-corrected chi connectivity index (χ1v) is 17.6. The topological polar surface area (TPSA) is 169 Å². The second-order valence-electron chi connectivity index (χ2n) is 12.7. The van der Waals surface area contributed by atoms with E-state index in [2.05, 4.69) is 16.0 Å². The van der Waals surface area contributed by atoms with Crippen LogP contribution in [0.2, 0.25) is 0 Å². The van der Waals surface area contributed by atoms with Crippen LogP contribution in [0, 0.1) is 5.92 Å². The molecule has 0 fully saturated rings. The number of nitrogens with one attached hydrogen (secondary N) is 3. The molecule has 3 N–H and O–H groups in total. The van der Waals surface area contributed by atoms with Crippen molar-refractivity contribution in [1.29, 1.82) is 0 Å². The van der Waals surface area contributed by atoms with Crippen molar-refractivity contribution < 1.29 is 52.3 Å². The van der Waals surface area contributed by atoms with Crippen molar-refractivity contribution in [1.82, 2.24) is 16.0 Å². The smallest absolute Gasteiger partial charge is 0.408 e. The van der Waals surface area contributed by atoms with Crippen molar-refractivity contribution in [2.24, 2.45) is 5.92 Å². The van der Waals surface area contributed by atoms with Gasteiger partial charge in [0.2, 0.25) is 5.91 Å². The molecule has 286 valence electrons. The molecular weight excluding hydrogens is 662 g/mol. The Morgan fingerprint density at radius 1 is 0.765 bits per heavy atom. The molecule has 0 bridgehead atoms. The van der Waals surface area contributed by atoms with Crippen LogP contribution >= 0.6 is 0 Å². The highest BCUT2D eigenvalue weighted by Crippen LogP contribution is 2.12. The maximum Gasteiger partial charge on any atom is 0.408 e. The molecule has 1 aromatic carbocycles. The first-order chi connectivity index (χ1) is 24.6. The zero-order chi connectivity index (χ0) is 37.0. The van der Waals surface area contributed by atoms with E-state index in [-0.39, 0.29) is 50.6 Å². The van der Waals surface area contributed by atoms with E-state index >= 15 is 0 Å². The van der Waals surface area contributed by atoms with E-state index < -0.39 is 23.8 Å². The lowest BCUT2D eigenvalue weighted by Gasteiger charge is -2.19. The predicted octanol–water partition coefficient (Wildman–Crippen LogP) is 4.22. The van der Waals surface area contributed by atoms with E-state index in [0.29, 0.717) is 72.1 Å². The molecule has 0 aromatic heterocycles. The largest absolute Gasteiger partial charge is 0.460 e. The number of rotatable bonds is 26. The normalized spacial score (nSPS) is 14.4. The van der Waals surface area contributed by atoms with Crippen molar-refractivity contribution >= 4 is 24.1 Å². The summed E-state index contributed by atoms with van der Waals surface area (Å²) in [5, 5.41) is 8.18. The quantitative estimate of drug-likeness (QED) is 0.0712. The summed E-state index contributed by atoms with van der Waals surface area (Å²) in [4.78, 5) is 49.1. The molecule has 0 heterocycles. The number of alkyl carbamates (subject to hydrolysis) is 2. The second kappa shape index (κ2) is 26.8. The Hall–Kier alpha value is -3.98. The number of amides is 3. The van der Waals surface area contributed by atoms with Gasteiger partial charge in [-0.2, -0.15) is 0 Å². The summed E-state index contributed by atoms with van der Waals surface area (Å²) < 4.78 is 37.6. The van der Waals surface area contributed by atoms with Crippen LogP contribution in [0.1, 0.15) is 58.4 Å². The molecule has 51 heavy (non-hydrogen) atoms. The van der Waals surface area contributed by atoms with E-state index in [1.807, 2.05) is 75.4 Å².